The Morgan fingerprint density at radius 2 is 2.19 bits per heavy atom. The summed E-state index contributed by atoms with van der Waals surface area (Å²) in [4.78, 5) is 0. The normalized spacial score (nSPS) is 31.4. The summed E-state index contributed by atoms with van der Waals surface area (Å²) in [6.07, 6.45) is 8.05. The van der Waals surface area contributed by atoms with Gasteiger partial charge in [0.25, 0.3) is 0 Å². The van der Waals surface area contributed by atoms with Crippen molar-refractivity contribution < 1.29 is 4.74 Å². The van der Waals surface area contributed by atoms with Crippen LogP contribution in [-0.4, -0.2) is 20.7 Å². The van der Waals surface area contributed by atoms with E-state index in [4.69, 9.17) is 4.74 Å². The number of rotatable bonds is 4. The SMILES string of the molecule is CNCC[C@@]12CCCC[C@@H]1[C@@H](C)Cc1ccc(OC)cc12. The first-order valence-electron chi connectivity index (χ1n) is 8.53. The number of ether oxygens (including phenoxy) is 1. The van der Waals surface area contributed by atoms with Crippen LogP contribution in [0.5, 0.6) is 5.75 Å². The van der Waals surface area contributed by atoms with Gasteiger partial charge in [-0.25, -0.2) is 0 Å². The maximum atomic E-state index is 5.52. The summed E-state index contributed by atoms with van der Waals surface area (Å²) in [5, 5.41) is 3.39. The van der Waals surface area contributed by atoms with E-state index in [0.717, 1.165) is 24.1 Å². The molecule has 3 rings (SSSR count). The molecule has 0 saturated heterocycles. The zero-order valence-corrected chi connectivity index (χ0v) is 13.7. The van der Waals surface area contributed by atoms with Gasteiger partial charge >= 0.3 is 0 Å². The zero-order chi connectivity index (χ0) is 14.9. The Kier molecular flexibility index (Phi) is 4.26. The number of hydrogen-bond donors (Lipinski definition) is 1. The first-order valence-corrected chi connectivity index (χ1v) is 8.53. The van der Waals surface area contributed by atoms with Crippen molar-refractivity contribution in [3.63, 3.8) is 0 Å². The Labute approximate surface area is 129 Å². The quantitative estimate of drug-likeness (QED) is 0.906. The first-order chi connectivity index (χ1) is 10.2. The van der Waals surface area contributed by atoms with Crippen molar-refractivity contribution in [1.82, 2.24) is 5.32 Å². The van der Waals surface area contributed by atoms with E-state index in [1.165, 1.54) is 38.5 Å². The van der Waals surface area contributed by atoms with Crippen LogP contribution in [-0.2, 0) is 11.8 Å². The first kappa shape index (κ1) is 14.9. The van der Waals surface area contributed by atoms with Crippen molar-refractivity contribution in [3.8, 4) is 5.75 Å². The van der Waals surface area contributed by atoms with Crippen LogP contribution in [0, 0.1) is 11.8 Å². The smallest absolute Gasteiger partial charge is 0.119 e. The van der Waals surface area contributed by atoms with Gasteiger partial charge in [0.1, 0.15) is 5.75 Å². The van der Waals surface area contributed by atoms with E-state index in [1.54, 1.807) is 18.2 Å². The third kappa shape index (κ3) is 2.48. The molecule has 116 valence electrons. The molecule has 2 aliphatic carbocycles. The highest BCUT2D eigenvalue weighted by atomic mass is 16.5. The predicted octanol–water partition coefficient (Wildman–Crippen LogP) is 3.92. The Balaban J connectivity index is 2.08. The summed E-state index contributed by atoms with van der Waals surface area (Å²) in [5.74, 6) is 2.68. The topological polar surface area (TPSA) is 21.3 Å². The molecule has 0 aromatic heterocycles. The molecule has 2 nitrogen and oxygen atoms in total. The van der Waals surface area contributed by atoms with Crippen molar-refractivity contribution in [2.75, 3.05) is 20.7 Å². The number of methoxy groups -OCH3 is 1. The molecule has 1 aromatic carbocycles. The standard InChI is InChI=1S/C19H29NO/c1-14-12-15-7-8-16(21-3)13-18(15)19(10-11-20-2)9-5-4-6-17(14)19/h7-8,13-14,17,20H,4-6,9-12H2,1-3H3/t14-,17+,19-/m0/s1. The fourth-order valence-electron chi connectivity index (χ4n) is 5.04. The van der Waals surface area contributed by atoms with Crippen molar-refractivity contribution >= 4 is 0 Å². The molecule has 21 heavy (non-hydrogen) atoms. The molecule has 0 aliphatic heterocycles. The summed E-state index contributed by atoms with van der Waals surface area (Å²) in [7, 11) is 3.86. The number of nitrogens with one attached hydrogen (secondary N) is 1. The highest BCUT2D eigenvalue weighted by molar-refractivity contribution is 5.44. The third-order valence-electron chi connectivity index (χ3n) is 6.00. The van der Waals surface area contributed by atoms with Crippen LogP contribution in [0.4, 0.5) is 0 Å². The fraction of sp³-hybridized carbons (Fsp3) is 0.684. The lowest BCUT2D eigenvalue weighted by atomic mass is 9.53. The molecule has 1 saturated carbocycles. The lowest BCUT2D eigenvalue weighted by Gasteiger charge is -2.52. The Bertz CT molecular complexity index is 498. The molecular weight excluding hydrogens is 258 g/mol. The Hall–Kier alpha value is -1.02. The fourth-order valence-corrected chi connectivity index (χ4v) is 5.04. The predicted molar refractivity (Wildman–Crippen MR) is 88.0 cm³/mol. The molecule has 0 spiro atoms. The van der Waals surface area contributed by atoms with Gasteiger partial charge in [0.05, 0.1) is 7.11 Å². The molecule has 2 heteroatoms. The second-order valence-electron chi connectivity index (χ2n) is 7.07. The number of benzene rings is 1. The number of fused-ring (bicyclic) bond motifs is 3. The summed E-state index contributed by atoms with van der Waals surface area (Å²) in [5.41, 5.74) is 3.54. The monoisotopic (exact) mass is 287 g/mol. The van der Waals surface area contributed by atoms with Crippen molar-refractivity contribution in [2.45, 2.75) is 50.9 Å². The van der Waals surface area contributed by atoms with Gasteiger partial charge in [0, 0.05) is 5.41 Å². The van der Waals surface area contributed by atoms with Gasteiger partial charge in [-0.2, -0.15) is 0 Å². The lowest BCUT2D eigenvalue weighted by Crippen LogP contribution is -2.47. The molecule has 0 bridgehead atoms. The van der Waals surface area contributed by atoms with Crippen molar-refractivity contribution in [3.05, 3.63) is 29.3 Å². The van der Waals surface area contributed by atoms with Gasteiger partial charge < -0.3 is 10.1 Å². The van der Waals surface area contributed by atoms with Gasteiger partial charge in [-0.1, -0.05) is 25.8 Å². The summed E-state index contributed by atoms with van der Waals surface area (Å²) in [6, 6.07) is 6.80. The van der Waals surface area contributed by atoms with E-state index in [-0.39, 0.29) is 0 Å². The van der Waals surface area contributed by atoms with Crippen LogP contribution in [0.3, 0.4) is 0 Å². The van der Waals surface area contributed by atoms with Crippen molar-refractivity contribution in [2.24, 2.45) is 11.8 Å². The second kappa shape index (κ2) is 6.00. The molecule has 1 N–H and O–H groups in total. The number of hydrogen-bond acceptors (Lipinski definition) is 2. The summed E-state index contributed by atoms with van der Waals surface area (Å²) in [6.45, 7) is 3.58. The highest BCUT2D eigenvalue weighted by Crippen LogP contribution is 2.54. The van der Waals surface area contributed by atoms with E-state index in [0.29, 0.717) is 5.41 Å². The molecular formula is C19H29NO. The lowest BCUT2D eigenvalue weighted by molar-refractivity contribution is 0.102. The van der Waals surface area contributed by atoms with Crippen LogP contribution < -0.4 is 10.1 Å². The van der Waals surface area contributed by atoms with Gasteiger partial charge in [-0.05, 0) is 74.4 Å². The molecule has 0 radical (unpaired) electrons. The molecule has 2 aliphatic rings. The van der Waals surface area contributed by atoms with Gasteiger partial charge in [-0.3, -0.25) is 0 Å². The van der Waals surface area contributed by atoms with Gasteiger partial charge in [-0.15, -0.1) is 0 Å². The van der Waals surface area contributed by atoms with E-state index in [9.17, 15) is 0 Å². The molecule has 1 aromatic rings. The van der Waals surface area contributed by atoms with E-state index < -0.39 is 0 Å². The average Bonchev–Trinajstić information content (AvgIpc) is 2.53. The third-order valence-corrected chi connectivity index (χ3v) is 6.00. The van der Waals surface area contributed by atoms with Crippen LogP contribution in [0.1, 0.15) is 50.2 Å². The van der Waals surface area contributed by atoms with Crippen LogP contribution in [0.15, 0.2) is 18.2 Å². The summed E-state index contributed by atoms with van der Waals surface area (Å²) < 4.78 is 5.52. The maximum Gasteiger partial charge on any atom is 0.119 e. The molecule has 1 fully saturated rings. The second-order valence-corrected chi connectivity index (χ2v) is 7.07. The van der Waals surface area contributed by atoms with E-state index in [1.807, 2.05) is 0 Å². The molecule has 0 heterocycles. The van der Waals surface area contributed by atoms with E-state index in [2.05, 4.69) is 37.5 Å². The largest absolute Gasteiger partial charge is 0.497 e. The van der Waals surface area contributed by atoms with Crippen LogP contribution in [0.25, 0.3) is 0 Å². The Morgan fingerprint density at radius 1 is 1.33 bits per heavy atom. The summed E-state index contributed by atoms with van der Waals surface area (Å²) >= 11 is 0. The highest BCUT2D eigenvalue weighted by Gasteiger charge is 2.47. The van der Waals surface area contributed by atoms with Gasteiger partial charge in [0.2, 0.25) is 0 Å². The Morgan fingerprint density at radius 3 is 2.95 bits per heavy atom. The average molecular weight is 287 g/mol. The minimum absolute atomic E-state index is 0.378. The zero-order valence-electron chi connectivity index (χ0n) is 13.7. The van der Waals surface area contributed by atoms with Crippen molar-refractivity contribution in [1.29, 1.82) is 0 Å². The van der Waals surface area contributed by atoms with Crippen LogP contribution >= 0.6 is 0 Å². The van der Waals surface area contributed by atoms with Gasteiger partial charge in [0.15, 0.2) is 0 Å². The van der Waals surface area contributed by atoms with Crippen LogP contribution in [0.2, 0.25) is 0 Å². The maximum absolute atomic E-state index is 5.52. The minimum atomic E-state index is 0.378. The molecule has 3 atom stereocenters. The van der Waals surface area contributed by atoms with E-state index >= 15 is 0 Å². The molecule has 0 unspecified atom stereocenters. The molecule has 0 amide bonds. The minimum Gasteiger partial charge on any atom is -0.497 e.